The molecule has 42 heavy (non-hydrogen) atoms. The summed E-state index contributed by atoms with van der Waals surface area (Å²) >= 11 is 0. The number of fused-ring (bicyclic) bond motifs is 6. The van der Waals surface area contributed by atoms with E-state index in [-0.39, 0.29) is 17.0 Å². The number of hydrogen-bond acceptors (Lipinski definition) is 5. The van der Waals surface area contributed by atoms with Gasteiger partial charge in [-0.3, -0.25) is 4.79 Å². The van der Waals surface area contributed by atoms with Gasteiger partial charge in [-0.25, -0.2) is 18.7 Å². The molecule has 0 aliphatic heterocycles. The monoisotopic (exact) mass is 562 g/mol. The number of aromatic amines is 1. The van der Waals surface area contributed by atoms with Gasteiger partial charge in [-0.05, 0) is 73.8 Å². The average Bonchev–Trinajstić information content (AvgIpc) is 3.43. The van der Waals surface area contributed by atoms with Gasteiger partial charge in [0.05, 0.1) is 22.0 Å². The number of rotatable bonds is 4. The van der Waals surface area contributed by atoms with Crippen LogP contribution >= 0.6 is 0 Å². The summed E-state index contributed by atoms with van der Waals surface area (Å²) in [5.41, 5.74) is 2.94. The Hall–Kier alpha value is -4.59. The highest BCUT2D eigenvalue weighted by molar-refractivity contribution is 5.95. The van der Waals surface area contributed by atoms with E-state index in [2.05, 4.69) is 17.2 Å². The second-order valence-corrected chi connectivity index (χ2v) is 11.8. The third-order valence-corrected chi connectivity index (χ3v) is 9.50. The van der Waals surface area contributed by atoms with Crippen LogP contribution in [0, 0.1) is 29.4 Å². The number of nitrogens with zero attached hydrogens (tertiary/aromatic N) is 2. The van der Waals surface area contributed by atoms with Gasteiger partial charge in [0, 0.05) is 40.9 Å². The van der Waals surface area contributed by atoms with E-state index in [1.165, 1.54) is 31.7 Å². The summed E-state index contributed by atoms with van der Waals surface area (Å²) in [5, 5.41) is 5.12. The van der Waals surface area contributed by atoms with Crippen LogP contribution in [0.4, 0.5) is 14.6 Å². The molecule has 3 aromatic heterocycles. The van der Waals surface area contributed by atoms with Crippen molar-refractivity contribution < 1.29 is 13.2 Å². The predicted molar refractivity (Wildman–Crippen MR) is 160 cm³/mol. The number of nitrogens with one attached hydrogen (secondary N) is 2. The fourth-order valence-electron chi connectivity index (χ4n) is 7.26. The van der Waals surface area contributed by atoms with Crippen molar-refractivity contribution in [2.24, 2.45) is 17.8 Å². The summed E-state index contributed by atoms with van der Waals surface area (Å²) in [5.74, 6) is 1.45. The zero-order valence-electron chi connectivity index (χ0n) is 23.0. The molecule has 2 atom stereocenters. The Labute approximate surface area is 239 Å². The van der Waals surface area contributed by atoms with Crippen LogP contribution in [0.1, 0.15) is 32.6 Å². The minimum Gasteiger partial charge on any atom is -0.456 e. The van der Waals surface area contributed by atoms with E-state index in [0.29, 0.717) is 68.0 Å². The van der Waals surface area contributed by atoms with Crippen molar-refractivity contribution in [3.8, 4) is 22.6 Å². The molecular formula is C34H28F2N4O2. The number of benzene rings is 3. The molecule has 3 aromatic carbocycles. The highest BCUT2D eigenvalue weighted by atomic mass is 19.1. The molecule has 6 nitrogen and oxygen atoms in total. The highest BCUT2D eigenvalue weighted by Crippen LogP contribution is 2.46. The molecule has 8 heteroatoms. The molecule has 2 bridgehead atoms. The van der Waals surface area contributed by atoms with Gasteiger partial charge in [-0.15, -0.1) is 0 Å². The molecule has 0 amide bonds. The second-order valence-electron chi connectivity index (χ2n) is 11.8. The van der Waals surface area contributed by atoms with E-state index in [4.69, 9.17) is 14.4 Å². The molecule has 3 fully saturated rings. The third-order valence-electron chi connectivity index (χ3n) is 9.50. The number of aromatic nitrogens is 3. The molecule has 3 aliphatic carbocycles. The molecular weight excluding hydrogens is 534 g/mol. The molecule has 3 aliphatic rings. The van der Waals surface area contributed by atoms with Gasteiger partial charge in [-0.1, -0.05) is 25.1 Å². The first-order valence-corrected chi connectivity index (χ1v) is 14.5. The van der Waals surface area contributed by atoms with Gasteiger partial charge in [0.15, 0.2) is 5.82 Å². The van der Waals surface area contributed by atoms with Gasteiger partial charge < -0.3 is 14.7 Å². The number of halogens is 2. The Balaban J connectivity index is 1.29. The summed E-state index contributed by atoms with van der Waals surface area (Å²) < 4.78 is 35.0. The van der Waals surface area contributed by atoms with Gasteiger partial charge in [-0.2, -0.15) is 0 Å². The van der Waals surface area contributed by atoms with Crippen molar-refractivity contribution in [3.05, 3.63) is 88.7 Å². The number of hydrogen-bond donors (Lipinski definition) is 2. The average molecular weight is 563 g/mol. The zero-order chi connectivity index (χ0) is 28.5. The Morgan fingerprint density at radius 2 is 1.67 bits per heavy atom. The van der Waals surface area contributed by atoms with Gasteiger partial charge in [0.1, 0.15) is 28.6 Å². The molecule has 0 spiro atoms. The molecule has 210 valence electrons. The topological polar surface area (TPSA) is 83.8 Å². The smallest absolute Gasteiger partial charge is 0.200 e. The number of anilines is 1. The fraction of sp³-hybridized carbons (Fsp3) is 0.265. The predicted octanol–water partition coefficient (Wildman–Crippen LogP) is 8.07. The molecule has 3 heterocycles. The largest absolute Gasteiger partial charge is 0.456 e. The summed E-state index contributed by atoms with van der Waals surface area (Å²) in [4.78, 5) is 25.8. The molecule has 0 radical (unpaired) electrons. The van der Waals surface area contributed by atoms with E-state index in [9.17, 15) is 13.6 Å². The molecule has 3 saturated carbocycles. The van der Waals surface area contributed by atoms with Crippen LogP contribution < -0.4 is 10.7 Å². The quantitative estimate of drug-likeness (QED) is 0.212. The van der Waals surface area contributed by atoms with E-state index < -0.39 is 11.6 Å². The number of para-hydroxylation sites is 1. The molecule has 6 aromatic rings. The van der Waals surface area contributed by atoms with Crippen LogP contribution in [-0.4, -0.2) is 21.0 Å². The van der Waals surface area contributed by atoms with E-state index in [1.54, 1.807) is 24.4 Å². The zero-order valence-corrected chi connectivity index (χ0v) is 23.0. The lowest BCUT2D eigenvalue weighted by molar-refractivity contribution is 0.0928. The van der Waals surface area contributed by atoms with E-state index >= 15 is 0 Å². The SMILES string of the molecule is C[C@@H]1C2CCC(CC2)[C@H]1Nc1cc(-c2ccc3c(=O)c4ccccc4oc3c2)nc(-c2c[nH]c3c(F)cc(F)cc23)n1. The lowest BCUT2D eigenvalue weighted by Crippen LogP contribution is -2.47. The summed E-state index contributed by atoms with van der Waals surface area (Å²) in [7, 11) is 0. The van der Waals surface area contributed by atoms with Gasteiger partial charge >= 0.3 is 0 Å². The van der Waals surface area contributed by atoms with Gasteiger partial charge in [0.2, 0.25) is 5.43 Å². The van der Waals surface area contributed by atoms with Crippen molar-refractivity contribution >= 4 is 38.7 Å². The molecule has 2 N–H and O–H groups in total. The minimum absolute atomic E-state index is 0.0895. The first kappa shape index (κ1) is 25.1. The number of H-pyrrole nitrogens is 1. The molecule has 0 unspecified atom stereocenters. The Bertz CT molecular complexity index is 2070. The maximum atomic E-state index is 14.6. The Morgan fingerprint density at radius 1 is 0.881 bits per heavy atom. The van der Waals surface area contributed by atoms with E-state index in [0.717, 1.165) is 11.6 Å². The first-order chi connectivity index (χ1) is 20.4. The van der Waals surface area contributed by atoms with Crippen molar-refractivity contribution in [2.75, 3.05) is 5.32 Å². The molecule has 9 rings (SSSR count). The lowest BCUT2D eigenvalue weighted by Gasteiger charge is -2.47. The molecule has 0 saturated heterocycles. The maximum absolute atomic E-state index is 14.6. The van der Waals surface area contributed by atoms with Crippen molar-refractivity contribution in [2.45, 2.75) is 38.6 Å². The van der Waals surface area contributed by atoms with Crippen LogP contribution in [0.5, 0.6) is 0 Å². The van der Waals surface area contributed by atoms with E-state index in [1.807, 2.05) is 30.3 Å². The van der Waals surface area contributed by atoms with Crippen molar-refractivity contribution in [1.29, 1.82) is 0 Å². The van der Waals surface area contributed by atoms with Crippen LogP contribution in [-0.2, 0) is 0 Å². The van der Waals surface area contributed by atoms with Crippen molar-refractivity contribution in [1.82, 2.24) is 15.0 Å². The first-order valence-electron chi connectivity index (χ1n) is 14.5. The minimum atomic E-state index is -0.672. The van der Waals surface area contributed by atoms with Crippen LogP contribution in [0.15, 0.2) is 76.1 Å². The summed E-state index contributed by atoms with van der Waals surface area (Å²) in [6, 6.07) is 17.0. The Morgan fingerprint density at radius 3 is 2.50 bits per heavy atom. The normalized spacial score (nSPS) is 21.9. The van der Waals surface area contributed by atoms with Crippen LogP contribution in [0.25, 0.3) is 55.5 Å². The van der Waals surface area contributed by atoms with Crippen LogP contribution in [0.2, 0.25) is 0 Å². The van der Waals surface area contributed by atoms with Gasteiger partial charge in [0.25, 0.3) is 0 Å². The maximum Gasteiger partial charge on any atom is 0.200 e. The lowest BCUT2D eigenvalue weighted by atomic mass is 9.62. The standard InChI is InChI=1S/C34H28F2N4O2/c1-17-18-6-8-19(9-7-18)31(17)39-30-15-27(38-34(40-30)25-16-37-32-24(25)13-21(35)14-26(32)36)20-10-11-23-29(12-20)42-28-5-3-2-4-22(28)33(23)41/h2-5,10-19,31,37H,6-9H2,1H3,(H,38,39,40)/t17-,18?,19?,31+/m1/s1. The fourth-order valence-corrected chi connectivity index (χ4v) is 7.26. The summed E-state index contributed by atoms with van der Waals surface area (Å²) in [6.07, 6.45) is 6.57. The summed E-state index contributed by atoms with van der Waals surface area (Å²) in [6.45, 7) is 2.32. The third kappa shape index (κ3) is 4.00. The van der Waals surface area contributed by atoms with Crippen LogP contribution in [0.3, 0.4) is 0 Å². The Kier molecular flexibility index (Phi) is 5.67. The highest BCUT2D eigenvalue weighted by Gasteiger charge is 2.41. The second kappa shape index (κ2) is 9.48. The van der Waals surface area contributed by atoms with Crippen molar-refractivity contribution in [3.63, 3.8) is 0 Å².